The minimum Gasteiger partial charge on any atom is -0.481 e. The number of carbonyl (C=O) groups excluding carboxylic acids is 1. The van der Waals surface area contributed by atoms with E-state index < -0.39 is 29.8 Å². The molecule has 0 radical (unpaired) electrons. The number of nitrogens with zero attached hydrogens (tertiary/aromatic N) is 1. The molecule has 0 saturated carbocycles. The highest BCUT2D eigenvalue weighted by Gasteiger charge is 2.21. The van der Waals surface area contributed by atoms with Crippen LogP contribution in [0.15, 0.2) is 66.9 Å². The van der Waals surface area contributed by atoms with E-state index in [2.05, 4.69) is 10.3 Å². The maximum atomic E-state index is 12.7. The molecule has 0 unspecified atom stereocenters. The van der Waals surface area contributed by atoms with Crippen LogP contribution in [-0.2, 0) is 11.2 Å². The molecule has 0 aliphatic rings. The maximum Gasteiger partial charge on any atom is 0.335 e. The molecule has 2 aromatic carbocycles. The van der Waals surface area contributed by atoms with Gasteiger partial charge in [-0.3, -0.25) is 14.6 Å². The number of benzene rings is 2. The third-order valence-corrected chi connectivity index (χ3v) is 5.76. The second-order valence-corrected chi connectivity index (χ2v) is 8.56. The molecular formula is C26H25ClN2O5. The van der Waals surface area contributed by atoms with Gasteiger partial charge >= 0.3 is 11.9 Å². The Morgan fingerprint density at radius 2 is 1.74 bits per heavy atom. The molecule has 34 heavy (non-hydrogen) atoms. The standard InChI is InChI=1S/C26H25ClN2O5/c1-16(25(31)32)13-22(29-24(30)23-15-20(26(33)34)11-12-28-23)10-7-17-5-8-18(9-6-17)19-3-2-4-21(27)14-19/h2-6,8-9,11-12,14-16,22H,7,10,13H2,1H3,(H,29,30)(H,31,32)(H,33,34)/t16-,22+/m0/s1. The summed E-state index contributed by atoms with van der Waals surface area (Å²) >= 11 is 6.07. The van der Waals surface area contributed by atoms with Crippen LogP contribution in [0, 0.1) is 5.92 Å². The number of pyridine rings is 1. The molecule has 0 spiro atoms. The summed E-state index contributed by atoms with van der Waals surface area (Å²) < 4.78 is 0. The van der Waals surface area contributed by atoms with Crippen molar-refractivity contribution >= 4 is 29.4 Å². The number of carboxylic acid groups (broad SMARTS) is 2. The molecule has 3 aromatic rings. The number of nitrogens with one attached hydrogen (secondary N) is 1. The Labute approximate surface area is 202 Å². The van der Waals surface area contributed by atoms with Crippen LogP contribution in [0.25, 0.3) is 11.1 Å². The zero-order chi connectivity index (χ0) is 24.7. The van der Waals surface area contributed by atoms with Crippen molar-refractivity contribution in [2.75, 3.05) is 0 Å². The molecule has 3 rings (SSSR count). The molecular weight excluding hydrogens is 456 g/mol. The van der Waals surface area contributed by atoms with Gasteiger partial charge in [0, 0.05) is 17.3 Å². The SMILES string of the molecule is C[C@@H](C[C@@H](CCc1ccc(-c2cccc(Cl)c2)cc1)NC(=O)c1cc(C(=O)O)ccn1)C(=O)O. The molecule has 1 heterocycles. The third kappa shape index (κ3) is 6.89. The molecule has 1 aromatic heterocycles. The van der Waals surface area contributed by atoms with E-state index in [1.807, 2.05) is 48.5 Å². The first-order valence-electron chi connectivity index (χ1n) is 10.8. The van der Waals surface area contributed by atoms with Crippen LogP contribution in [-0.4, -0.2) is 39.1 Å². The number of carboxylic acids is 2. The lowest BCUT2D eigenvalue weighted by atomic mass is 9.95. The van der Waals surface area contributed by atoms with Gasteiger partial charge in [0.1, 0.15) is 5.69 Å². The van der Waals surface area contributed by atoms with Gasteiger partial charge < -0.3 is 15.5 Å². The quantitative estimate of drug-likeness (QED) is 0.378. The first-order valence-corrected chi connectivity index (χ1v) is 11.2. The smallest absolute Gasteiger partial charge is 0.335 e. The lowest BCUT2D eigenvalue weighted by Gasteiger charge is -2.21. The van der Waals surface area contributed by atoms with Gasteiger partial charge in [-0.1, -0.05) is 54.9 Å². The fraction of sp³-hybridized carbons (Fsp3) is 0.231. The van der Waals surface area contributed by atoms with Gasteiger partial charge in [0.25, 0.3) is 5.91 Å². The number of rotatable bonds is 10. The minimum atomic E-state index is -1.16. The van der Waals surface area contributed by atoms with Crippen molar-refractivity contribution in [1.29, 1.82) is 0 Å². The van der Waals surface area contributed by atoms with E-state index in [0.29, 0.717) is 17.9 Å². The lowest BCUT2D eigenvalue weighted by Crippen LogP contribution is -2.38. The Kier molecular flexibility index (Phi) is 8.38. The Balaban J connectivity index is 1.69. The minimum absolute atomic E-state index is 0.0289. The van der Waals surface area contributed by atoms with Crippen LogP contribution in [0.4, 0.5) is 0 Å². The second-order valence-electron chi connectivity index (χ2n) is 8.13. The number of aryl methyl sites for hydroxylation is 1. The van der Waals surface area contributed by atoms with Crippen molar-refractivity contribution in [3.8, 4) is 11.1 Å². The molecule has 0 aliphatic carbocycles. The number of aliphatic carboxylic acids is 1. The van der Waals surface area contributed by atoms with Gasteiger partial charge in [-0.2, -0.15) is 0 Å². The zero-order valence-electron chi connectivity index (χ0n) is 18.6. The van der Waals surface area contributed by atoms with Gasteiger partial charge in [0.05, 0.1) is 11.5 Å². The third-order valence-electron chi connectivity index (χ3n) is 5.53. The van der Waals surface area contributed by atoms with Crippen molar-refractivity contribution in [3.05, 3.63) is 88.7 Å². The fourth-order valence-electron chi connectivity index (χ4n) is 3.60. The molecule has 176 valence electrons. The van der Waals surface area contributed by atoms with E-state index in [4.69, 9.17) is 16.7 Å². The van der Waals surface area contributed by atoms with Gasteiger partial charge in [-0.25, -0.2) is 4.79 Å². The van der Waals surface area contributed by atoms with E-state index in [9.17, 15) is 19.5 Å². The van der Waals surface area contributed by atoms with E-state index in [0.717, 1.165) is 16.7 Å². The van der Waals surface area contributed by atoms with Crippen LogP contribution < -0.4 is 5.32 Å². The molecule has 0 aliphatic heterocycles. The van der Waals surface area contributed by atoms with Gasteiger partial charge in [-0.15, -0.1) is 0 Å². The second kappa shape index (κ2) is 11.4. The maximum absolute atomic E-state index is 12.7. The van der Waals surface area contributed by atoms with E-state index in [1.54, 1.807) is 6.92 Å². The summed E-state index contributed by atoms with van der Waals surface area (Å²) in [5, 5.41) is 22.0. The topological polar surface area (TPSA) is 117 Å². The summed E-state index contributed by atoms with van der Waals surface area (Å²) in [6.45, 7) is 1.59. The summed E-state index contributed by atoms with van der Waals surface area (Å²) in [4.78, 5) is 39.2. The number of hydrogen-bond acceptors (Lipinski definition) is 4. The molecule has 3 N–H and O–H groups in total. The predicted molar refractivity (Wildman–Crippen MR) is 129 cm³/mol. The summed E-state index contributed by atoms with van der Waals surface area (Å²) in [5.74, 6) is -3.30. The highest BCUT2D eigenvalue weighted by atomic mass is 35.5. The first kappa shape index (κ1) is 24.9. The highest BCUT2D eigenvalue weighted by Crippen LogP contribution is 2.23. The van der Waals surface area contributed by atoms with E-state index in [1.165, 1.54) is 18.3 Å². The van der Waals surface area contributed by atoms with Crippen molar-refractivity contribution < 1.29 is 24.6 Å². The summed E-state index contributed by atoms with van der Waals surface area (Å²) in [5.41, 5.74) is 3.00. The van der Waals surface area contributed by atoms with Crippen molar-refractivity contribution in [3.63, 3.8) is 0 Å². The van der Waals surface area contributed by atoms with Crippen LogP contribution in [0.5, 0.6) is 0 Å². The van der Waals surface area contributed by atoms with Crippen LogP contribution in [0.3, 0.4) is 0 Å². The molecule has 0 fully saturated rings. The first-order chi connectivity index (χ1) is 16.2. The van der Waals surface area contributed by atoms with E-state index in [-0.39, 0.29) is 17.7 Å². The van der Waals surface area contributed by atoms with Gasteiger partial charge in [0.15, 0.2) is 0 Å². The van der Waals surface area contributed by atoms with Crippen molar-refractivity contribution in [1.82, 2.24) is 10.3 Å². The Morgan fingerprint density at radius 3 is 2.38 bits per heavy atom. The van der Waals surface area contributed by atoms with Gasteiger partial charge in [0.2, 0.25) is 0 Å². The molecule has 0 saturated heterocycles. The summed E-state index contributed by atoms with van der Waals surface area (Å²) in [6.07, 6.45) is 2.63. The number of amides is 1. The number of hydrogen-bond donors (Lipinski definition) is 3. The highest BCUT2D eigenvalue weighted by molar-refractivity contribution is 6.30. The molecule has 7 nitrogen and oxygen atoms in total. The number of aromatic nitrogens is 1. The number of carbonyl (C=O) groups is 3. The average Bonchev–Trinajstić information content (AvgIpc) is 2.82. The molecule has 2 atom stereocenters. The summed E-state index contributed by atoms with van der Waals surface area (Å²) in [6, 6.07) is 17.6. The van der Waals surface area contributed by atoms with Crippen LogP contribution in [0.2, 0.25) is 5.02 Å². The molecule has 0 bridgehead atoms. The summed E-state index contributed by atoms with van der Waals surface area (Å²) in [7, 11) is 0. The average molecular weight is 481 g/mol. The zero-order valence-corrected chi connectivity index (χ0v) is 19.3. The Bertz CT molecular complexity index is 1180. The molecule has 8 heteroatoms. The van der Waals surface area contributed by atoms with Crippen LogP contribution in [0.1, 0.15) is 46.2 Å². The van der Waals surface area contributed by atoms with Crippen molar-refractivity contribution in [2.24, 2.45) is 5.92 Å². The number of aromatic carboxylic acids is 1. The fourth-order valence-corrected chi connectivity index (χ4v) is 3.79. The Morgan fingerprint density at radius 1 is 1.00 bits per heavy atom. The van der Waals surface area contributed by atoms with E-state index >= 15 is 0 Å². The van der Waals surface area contributed by atoms with Gasteiger partial charge in [-0.05, 0) is 60.2 Å². The van der Waals surface area contributed by atoms with Crippen LogP contribution >= 0.6 is 11.6 Å². The molecule has 1 amide bonds. The monoisotopic (exact) mass is 480 g/mol. The largest absolute Gasteiger partial charge is 0.481 e. The van der Waals surface area contributed by atoms with Crippen molar-refractivity contribution in [2.45, 2.75) is 32.2 Å². The normalized spacial score (nSPS) is 12.5. The predicted octanol–water partition coefficient (Wildman–Crippen LogP) is 4.94. The Hall–Kier alpha value is -3.71. The number of halogens is 1. The lowest BCUT2D eigenvalue weighted by molar-refractivity contribution is -0.141.